The Morgan fingerprint density at radius 2 is 1.95 bits per heavy atom. The van der Waals surface area contributed by atoms with Gasteiger partial charge in [0, 0.05) is 0 Å². The molecule has 0 fully saturated rings. The molecule has 0 saturated carbocycles. The molecule has 0 aromatic heterocycles. The Bertz CT molecular complexity index is 657. The van der Waals surface area contributed by atoms with Gasteiger partial charge in [0.25, 0.3) is 0 Å². The third-order valence-electron chi connectivity index (χ3n) is 3.18. The zero-order valence-corrected chi connectivity index (χ0v) is 11.9. The van der Waals surface area contributed by atoms with Crippen molar-refractivity contribution in [2.75, 3.05) is 7.11 Å². The van der Waals surface area contributed by atoms with Crippen molar-refractivity contribution in [3.8, 4) is 23.3 Å². The normalized spacial score (nSPS) is 9.90. The molecule has 0 bridgehead atoms. The fourth-order valence-electron chi connectivity index (χ4n) is 2.00. The summed E-state index contributed by atoms with van der Waals surface area (Å²) in [6.07, 6.45) is 0.935. The molecule has 2 aromatic carbocycles. The van der Waals surface area contributed by atoms with Crippen molar-refractivity contribution in [1.82, 2.24) is 0 Å². The van der Waals surface area contributed by atoms with Crippen molar-refractivity contribution in [2.45, 2.75) is 20.3 Å². The predicted octanol–water partition coefficient (Wildman–Crippen LogP) is 4.23. The van der Waals surface area contributed by atoms with Crippen molar-refractivity contribution in [2.24, 2.45) is 0 Å². The molecule has 0 saturated heterocycles. The first-order valence-corrected chi connectivity index (χ1v) is 6.54. The number of benzene rings is 2. The number of nitriles is 1. The largest absolute Gasteiger partial charge is 0.493 e. The van der Waals surface area contributed by atoms with Gasteiger partial charge in [0.15, 0.2) is 11.5 Å². The fourth-order valence-corrected chi connectivity index (χ4v) is 2.00. The summed E-state index contributed by atoms with van der Waals surface area (Å²) in [5, 5.41) is 9.17. The minimum absolute atomic E-state index is 0.520. The molecular weight excluding hydrogens is 250 g/mol. The zero-order valence-electron chi connectivity index (χ0n) is 11.9. The molecule has 3 nitrogen and oxygen atoms in total. The molecule has 0 aliphatic rings. The second-order valence-electron chi connectivity index (χ2n) is 4.50. The second-order valence-corrected chi connectivity index (χ2v) is 4.50. The SMILES string of the molecule is CCc1ccc(Oc2c(C)cccc2C#N)c(OC)c1. The number of hydrogen-bond acceptors (Lipinski definition) is 3. The number of para-hydroxylation sites is 1. The van der Waals surface area contributed by atoms with Crippen molar-refractivity contribution in [3.63, 3.8) is 0 Å². The summed E-state index contributed by atoms with van der Waals surface area (Å²) in [4.78, 5) is 0. The Kier molecular flexibility index (Phi) is 4.27. The number of methoxy groups -OCH3 is 1. The number of ether oxygens (including phenoxy) is 2. The van der Waals surface area contributed by atoms with Gasteiger partial charge in [-0.15, -0.1) is 0 Å². The quantitative estimate of drug-likeness (QED) is 0.832. The van der Waals surface area contributed by atoms with Gasteiger partial charge in [0.1, 0.15) is 11.8 Å². The Labute approximate surface area is 119 Å². The topological polar surface area (TPSA) is 42.2 Å². The Morgan fingerprint density at radius 1 is 1.15 bits per heavy atom. The van der Waals surface area contributed by atoms with E-state index in [1.54, 1.807) is 13.2 Å². The zero-order chi connectivity index (χ0) is 14.5. The molecule has 0 spiro atoms. The van der Waals surface area contributed by atoms with Crippen LogP contribution in [0.1, 0.15) is 23.6 Å². The summed E-state index contributed by atoms with van der Waals surface area (Å²) < 4.78 is 11.3. The van der Waals surface area contributed by atoms with Crippen LogP contribution in [0, 0.1) is 18.3 Å². The van der Waals surface area contributed by atoms with Crippen LogP contribution in [0.5, 0.6) is 17.2 Å². The third-order valence-corrected chi connectivity index (χ3v) is 3.18. The first kappa shape index (κ1) is 14.0. The van der Waals surface area contributed by atoms with Crippen molar-refractivity contribution < 1.29 is 9.47 Å². The van der Waals surface area contributed by atoms with Crippen molar-refractivity contribution in [3.05, 3.63) is 53.1 Å². The Morgan fingerprint density at radius 3 is 2.60 bits per heavy atom. The summed E-state index contributed by atoms with van der Waals surface area (Å²) in [7, 11) is 1.62. The van der Waals surface area contributed by atoms with Crippen LogP contribution in [0.3, 0.4) is 0 Å². The summed E-state index contributed by atoms with van der Waals surface area (Å²) in [6, 6.07) is 13.5. The highest BCUT2D eigenvalue weighted by molar-refractivity contribution is 5.52. The van der Waals surface area contributed by atoms with Gasteiger partial charge in [-0.05, 0) is 42.7 Å². The van der Waals surface area contributed by atoms with E-state index in [4.69, 9.17) is 14.7 Å². The van der Waals surface area contributed by atoms with Crippen LogP contribution in [0.4, 0.5) is 0 Å². The van der Waals surface area contributed by atoms with E-state index in [0.29, 0.717) is 22.8 Å². The standard InChI is InChI=1S/C17H17NO2/c1-4-13-8-9-15(16(10-13)19-3)20-17-12(2)6-5-7-14(17)11-18/h5-10H,4H2,1-3H3. The molecule has 3 heteroatoms. The van der Waals surface area contributed by atoms with Crippen LogP contribution in [-0.2, 0) is 6.42 Å². The summed E-state index contributed by atoms with van der Waals surface area (Å²) in [5.74, 6) is 1.88. The van der Waals surface area contributed by atoms with E-state index in [-0.39, 0.29) is 0 Å². The molecule has 0 N–H and O–H groups in total. The van der Waals surface area contributed by atoms with Gasteiger partial charge >= 0.3 is 0 Å². The van der Waals surface area contributed by atoms with Crippen molar-refractivity contribution in [1.29, 1.82) is 5.26 Å². The number of nitrogens with zero attached hydrogens (tertiary/aromatic N) is 1. The van der Waals surface area contributed by atoms with Gasteiger partial charge in [-0.2, -0.15) is 5.26 Å². The van der Waals surface area contributed by atoms with E-state index in [2.05, 4.69) is 13.0 Å². The second kappa shape index (κ2) is 6.12. The monoisotopic (exact) mass is 267 g/mol. The van der Waals surface area contributed by atoms with Crippen LogP contribution in [0.25, 0.3) is 0 Å². The van der Waals surface area contributed by atoms with Crippen molar-refractivity contribution >= 4 is 0 Å². The van der Waals surface area contributed by atoms with Gasteiger partial charge in [-0.25, -0.2) is 0 Å². The molecule has 0 unspecified atom stereocenters. The first-order chi connectivity index (χ1) is 9.69. The van der Waals surface area contributed by atoms with Crippen LogP contribution >= 0.6 is 0 Å². The molecule has 0 aliphatic heterocycles. The summed E-state index contributed by atoms with van der Waals surface area (Å²) in [5.41, 5.74) is 2.62. The highest BCUT2D eigenvalue weighted by Crippen LogP contribution is 2.35. The fraction of sp³-hybridized carbons (Fsp3) is 0.235. The van der Waals surface area contributed by atoms with Gasteiger partial charge in [0.2, 0.25) is 0 Å². The van der Waals surface area contributed by atoms with Gasteiger partial charge < -0.3 is 9.47 Å². The van der Waals surface area contributed by atoms with Crippen LogP contribution in [-0.4, -0.2) is 7.11 Å². The molecule has 0 aliphatic carbocycles. The summed E-state index contributed by atoms with van der Waals surface area (Å²) in [6.45, 7) is 4.01. The minimum atomic E-state index is 0.520. The maximum Gasteiger partial charge on any atom is 0.169 e. The highest BCUT2D eigenvalue weighted by Gasteiger charge is 2.11. The molecular formula is C17H17NO2. The first-order valence-electron chi connectivity index (χ1n) is 6.54. The molecule has 0 atom stereocenters. The molecule has 2 aromatic rings. The van der Waals surface area contributed by atoms with E-state index in [0.717, 1.165) is 12.0 Å². The molecule has 0 heterocycles. The Balaban J connectivity index is 2.43. The smallest absolute Gasteiger partial charge is 0.169 e. The highest BCUT2D eigenvalue weighted by atomic mass is 16.5. The van der Waals surface area contributed by atoms with Gasteiger partial charge in [-0.1, -0.05) is 25.1 Å². The molecule has 20 heavy (non-hydrogen) atoms. The van der Waals surface area contributed by atoms with E-state index >= 15 is 0 Å². The maximum absolute atomic E-state index is 9.17. The van der Waals surface area contributed by atoms with E-state index < -0.39 is 0 Å². The lowest BCUT2D eigenvalue weighted by molar-refractivity contribution is 0.377. The van der Waals surface area contributed by atoms with E-state index in [1.807, 2.05) is 37.3 Å². The average Bonchev–Trinajstić information content (AvgIpc) is 2.49. The lowest BCUT2D eigenvalue weighted by atomic mass is 10.1. The molecule has 0 radical (unpaired) electrons. The van der Waals surface area contributed by atoms with Crippen LogP contribution in [0.2, 0.25) is 0 Å². The predicted molar refractivity (Wildman–Crippen MR) is 78.3 cm³/mol. The summed E-state index contributed by atoms with van der Waals surface area (Å²) >= 11 is 0. The van der Waals surface area contributed by atoms with E-state index in [9.17, 15) is 0 Å². The van der Waals surface area contributed by atoms with Gasteiger partial charge in [-0.3, -0.25) is 0 Å². The van der Waals surface area contributed by atoms with Crippen LogP contribution in [0.15, 0.2) is 36.4 Å². The minimum Gasteiger partial charge on any atom is -0.493 e. The number of rotatable bonds is 4. The lowest BCUT2D eigenvalue weighted by Gasteiger charge is -2.14. The lowest BCUT2D eigenvalue weighted by Crippen LogP contribution is -1.95. The van der Waals surface area contributed by atoms with Gasteiger partial charge in [0.05, 0.1) is 12.7 Å². The van der Waals surface area contributed by atoms with Crippen LogP contribution < -0.4 is 9.47 Å². The molecule has 0 amide bonds. The molecule has 102 valence electrons. The Hall–Kier alpha value is -2.47. The maximum atomic E-state index is 9.17. The number of hydrogen-bond donors (Lipinski definition) is 0. The third kappa shape index (κ3) is 2.75. The van der Waals surface area contributed by atoms with E-state index in [1.165, 1.54) is 5.56 Å². The number of aryl methyl sites for hydroxylation is 2. The average molecular weight is 267 g/mol. The molecule has 2 rings (SSSR count).